The lowest BCUT2D eigenvalue weighted by Crippen LogP contribution is -2.65. The molecule has 1 aromatic carbocycles. The van der Waals surface area contributed by atoms with Gasteiger partial charge in [0, 0.05) is 71.2 Å². The zero-order valence-electron chi connectivity index (χ0n) is 31.6. The van der Waals surface area contributed by atoms with Gasteiger partial charge >= 0.3 is 6.09 Å². The minimum atomic E-state index is -0.991. The van der Waals surface area contributed by atoms with Gasteiger partial charge in [-0.3, -0.25) is 48.7 Å². The third-order valence-electron chi connectivity index (χ3n) is 12.1. The van der Waals surface area contributed by atoms with Crippen LogP contribution in [-0.2, 0) is 21.4 Å². The summed E-state index contributed by atoms with van der Waals surface area (Å²) in [5.41, 5.74) is 7.15. The molecule has 1 spiro atoms. The number of hydrogen-bond donors (Lipinski definition) is 3. The first-order valence-electron chi connectivity index (χ1n) is 19.4. The van der Waals surface area contributed by atoms with Gasteiger partial charge in [0.1, 0.15) is 11.9 Å². The first-order valence-corrected chi connectivity index (χ1v) is 19.4. The Kier molecular flexibility index (Phi) is 9.05. The molecule has 2 aromatic heterocycles. The van der Waals surface area contributed by atoms with Gasteiger partial charge in [0.25, 0.3) is 17.7 Å². The number of primary amides is 1. The van der Waals surface area contributed by atoms with Crippen LogP contribution in [0.5, 0.6) is 0 Å². The van der Waals surface area contributed by atoms with Crippen molar-refractivity contribution in [2.45, 2.75) is 56.2 Å². The van der Waals surface area contributed by atoms with Crippen molar-refractivity contribution in [2.75, 3.05) is 67.5 Å². The number of likely N-dealkylation sites (tertiary alicyclic amines) is 1. The number of hydrogen-bond acceptors (Lipinski definition) is 14. The standard InChI is InChI=1S/C38H44N12O7/c1-45-17-23(14-41-45)42-33-31(32(39)52)40-15-29(43-33)48-10-2-3-25(18-48)49-21-38(57-37(49)56)19-46(20-38)16-22-8-11-47(12-9-22)24-4-5-26-27(13-24)36(55)50(35(26)54)28-6-7-30(51)44-34(28)53/h4-5,13-15,17,22,25,28H,2-3,6-12,16,18-21H2,1H3,(H2,39,52)(H,42,43)(H,44,51,53). The van der Waals surface area contributed by atoms with Crippen LogP contribution in [-0.4, -0.2) is 140 Å². The highest BCUT2D eigenvalue weighted by Gasteiger charge is 2.55. The molecule has 5 fully saturated rings. The van der Waals surface area contributed by atoms with Gasteiger partial charge in [0.05, 0.1) is 41.8 Å². The van der Waals surface area contributed by atoms with Crippen molar-refractivity contribution < 1.29 is 33.5 Å². The average Bonchev–Trinajstić information content (AvgIpc) is 3.84. The fraction of sp³-hybridized carbons (Fsp3) is 0.500. The van der Waals surface area contributed by atoms with E-state index in [1.807, 2.05) is 11.0 Å². The lowest BCUT2D eigenvalue weighted by molar-refractivity contribution is -0.136. The number of fused-ring (bicyclic) bond motifs is 1. The summed E-state index contributed by atoms with van der Waals surface area (Å²) in [6, 6.07) is 4.21. The van der Waals surface area contributed by atoms with E-state index in [4.69, 9.17) is 15.5 Å². The van der Waals surface area contributed by atoms with Crippen molar-refractivity contribution in [3.05, 3.63) is 53.6 Å². The number of nitrogens with one attached hydrogen (secondary N) is 2. The number of nitrogens with two attached hydrogens (primary N) is 1. The number of anilines is 4. The number of aromatic nitrogens is 4. The molecule has 3 aromatic rings. The first kappa shape index (κ1) is 36.5. The van der Waals surface area contributed by atoms with E-state index in [1.54, 1.807) is 42.5 Å². The number of imide groups is 2. The molecule has 5 saturated heterocycles. The molecule has 6 amide bonds. The molecule has 0 bridgehead atoms. The van der Waals surface area contributed by atoms with Crippen molar-refractivity contribution in [2.24, 2.45) is 18.7 Å². The molecule has 4 N–H and O–H groups in total. The maximum Gasteiger partial charge on any atom is 0.410 e. The summed E-state index contributed by atoms with van der Waals surface area (Å²) in [4.78, 5) is 94.5. The van der Waals surface area contributed by atoms with Gasteiger partial charge in [-0.2, -0.15) is 5.10 Å². The monoisotopic (exact) mass is 780 g/mol. The molecule has 0 aliphatic carbocycles. The second-order valence-corrected chi connectivity index (χ2v) is 16.0. The van der Waals surface area contributed by atoms with E-state index < -0.39 is 41.2 Å². The zero-order valence-corrected chi connectivity index (χ0v) is 31.6. The second kappa shape index (κ2) is 14.1. The largest absolute Gasteiger partial charge is 0.438 e. The predicted molar refractivity (Wildman–Crippen MR) is 203 cm³/mol. The molecular formula is C38H44N12O7. The zero-order chi connectivity index (χ0) is 39.6. The van der Waals surface area contributed by atoms with E-state index in [-0.39, 0.29) is 47.6 Å². The topological polar surface area (TPSA) is 222 Å². The van der Waals surface area contributed by atoms with Gasteiger partial charge in [0.2, 0.25) is 11.8 Å². The Hall–Kier alpha value is -6.11. The van der Waals surface area contributed by atoms with E-state index in [0.717, 1.165) is 62.4 Å². The van der Waals surface area contributed by atoms with Crippen LogP contribution < -0.4 is 26.2 Å². The number of carbonyl (C=O) groups is 6. The Bertz CT molecular complexity index is 2180. The Morgan fingerprint density at radius 1 is 0.982 bits per heavy atom. The average molecular weight is 781 g/mol. The van der Waals surface area contributed by atoms with Gasteiger partial charge < -0.3 is 25.6 Å². The number of carbonyl (C=O) groups excluding carboxylic acids is 6. The van der Waals surface area contributed by atoms with E-state index in [0.29, 0.717) is 43.6 Å². The van der Waals surface area contributed by atoms with Crippen LogP contribution in [0.4, 0.5) is 27.8 Å². The van der Waals surface area contributed by atoms with Crippen molar-refractivity contribution in [1.82, 2.24) is 39.8 Å². The van der Waals surface area contributed by atoms with Gasteiger partial charge in [-0.15, -0.1) is 0 Å². The summed E-state index contributed by atoms with van der Waals surface area (Å²) >= 11 is 0. The summed E-state index contributed by atoms with van der Waals surface area (Å²) in [6.07, 6.45) is 8.40. The van der Waals surface area contributed by atoms with Crippen LogP contribution in [0, 0.1) is 5.92 Å². The highest BCUT2D eigenvalue weighted by atomic mass is 16.6. The molecule has 19 heteroatoms. The molecule has 298 valence electrons. The predicted octanol–water partition coefficient (Wildman–Crippen LogP) is 0.846. The van der Waals surface area contributed by atoms with E-state index in [2.05, 4.69) is 35.4 Å². The quantitative estimate of drug-likeness (QED) is 0.256. The molecule has 8 heterocycles. The molecule has 6 aliphatic rings. The smallest absolute Gasteiger partial charge is 0.410 e. The number of nitrogens with zero attached hydrogens (tertiary/aromatic N) is 9. The molecule has 0 saturated carbocycles. The lowest BCUT2D eigenvalue weighted by Gasteiger charge is -2.48. The summed E-state index contributed by atoms with van der Waals surface area (Å²) in [5, 5.41) is 9.49. The van der Waals surface area contributed by atoms with Gasteiger partial charge in [-0.1, -0.05) is 0 Å². The second-order valence-electron chi connectivity index (χ2n) is 16.0. The molecule has 9 rings (SSSR count). The van der Waals surface area contributed by atoms with Crippen LogP contribution in [0.2, 0.25) is 0 Å². The molecule has 6 aliphatic heterocycles. The normalized spacial score (nSPS) is 23.8. The van der Waals surface area contributed by atoms with Gasteiger partial charge in [0.15, 0.2) is 17.1 Å². The maximum atomic E-state index is 13.3. The Labute approximate surface area is 327 Å². The third kappa shape index (κ3) is 6.78. The van der Waals surface area contributed by atoms with Crippen LogP contribution in [0.25, 0.3) is 0 Å². The van der Waals surface area contributed by atoms with Gasteiger partial charge in [-0.05, 0) is 56.2 Å². The van der Waals surface area contributed by atoms with Crippen LogP contribution >= 0.6 is 0 Å². The maximum absolute atomic E-state index is 13.3. The van der Waals surface area contributed by atoms with Crippen molar-refractivity contribution in [1.29, 1.82) is 0 Å². The summed E-state index contributed by atoms with van der Waals surface area (Å²) < 4.78 is 7.68. The van der Waals surface area contributed by atoms with Crippen molar-refractivity contribution >= 4 is 58.6 Å². The third-order valence-corrected chi connectivity index (χ3v) is 12.1. The van der Waals surface area contributed by atoms with E-state index >= 15 is 0 Å². The van der Waals surface area contributed by atoms with Crippen LogP contribution in [0.1, 0.15) is 69.7 Å². The first-order chi connectivity index (χ1) is 27.4. The lowest BCUT2D eigenvalue weighted by atomic mass is 9.89. The molecule has 0 radical (unpaired) electrons. The Morgan fingerprint density at radius 3 is 2.51 bits per heavy atom. The number of piperidine rings is 3. The van der Waals surface area contributed by atoms with Crippen molar-refractivity contribution in [3.63, 3.8) is 0 Å². The van der Waals surface area contributed by atoms with E-state index in [1.165, 1.54) is 0 Å². The highest BCUT2D eigenvalue weighted by Crippen LogP contribution is 2.38. The number of aryl methyl sites for hydroxylation is 1. The molecule has 57 heavy (non-hydrogen) atoms. The number of amides is 6. The van der Waals surface area contributed by atoms with Crippen LogP contribution in [0.3, 0.4) is 0 Å². The minimum absolute atomic E-state index is 0.0263. The molecule has 19 nitrogen and oxygen atoms in total. The van der Waals surface area contributed by atoms with Gasteiger partial charge in [-0.25, -0.2) is 14.8 Å². The fourth-order valence-electron chi connectivity index (χ4n) is 9.23. The summed E-state index contributed by atoms with van der Waals surface area (Å²) in [6.45, 7) is 5.65. The SMILES string of the molecule is Cn1cc(Nc2nc(N3CCCC(N4CC5(CN(CC6CCN(c7ccc8c(c7)C(=O)N(C7CCC(=O)NC7=O)C8=O)CC6)C5)OC4=O)C3)cnc2C(N)=O)cn1. The molecular weight excluding hydrogens is 736 g/mol. The fourth-order valence-corrected chi connectivity index (χ4v) is 9.23. The Morgan fingerprint density at radius 2 is 1.77 bits per heavy atom. The molecule has 2 atom stereocenters. The van der Waals surface area contributed by atoms with E-state index in [9.17, 15) is 28.8 Å². The molecule has 2 unspecified atom stereocenters. The number of rotatable bonds is 9. The summed E-state index contributed by atoms with van der Waals surface area (Å²) in [7, 11) is 1.79. The number of benzene rings is 1. The minimum Gasteiger partial charge on any atom is -0.438 e. The summed E-state index contributed by atoms with van der Waals surface area (Å²) in [5.74, 6) is -1.46. The highest BCUT2D eigenvalue weighted by molar-refractivity contribution is 6.23. The van der Waals surface area contributed by atoms with Crippen molar-refractivity contribution in [3.8, 4) is 0 Å². The van der Waals surface area contributed by atoms with Crippen LogP contribution in [0.15, 0.2) is 36.8 Å². The Balaban J connectivity index is 0.768. The number of ether oxygens (including phenoxy) is 1.